The number of carbonyl (C=O) groups is 2. The molecule has 34 heavy (non-hydrogen) atoms. The van der Waals surface area contributed by atoms with Crippen LogP contribution in [0, 0.1) is 18.3 Å². The lowest BCUT2D eigenvalue weighted by molar-refractivity contribution is -0.132. The Bertz CT molecular complexity index is 1240. The summed E-state index contributed by atoms with van der Waals surface area (Å²) in [4.78, 5) is 32.3. The number of aryl methyl sites for hydroxylation is 3. The van der Waals surface area contributed by atoms with Gasteiger partial charge < -0.3 is 19.5 Å². The highest BCUT2D eigenvalue weighted by Crippen LogP contribution is 2.37. The Morgan fingerprint density at radius 1 is 1.32 bits per heavy atom. The van der Waals surface area contributed by atoms with Crippen molar-refractivity contribution in [3.8, 4) is 11.8 Å². The third-order valence-electron chi connectivity index (χ3n) is 5.90. The molecule has 0 saturated heterocycles. The molecule has 0 unspecified atom stereocenters. The average Bonchev–Trinajstić information content (AvgIpc) is 3.42. The van der Waals surface area contributed by atoms with Gasteiger partial charge >= 0.3 is 0 Å². The average molecular weight is 478 g/mol. The van der Waals surface area contributed by atoms with Crippen molar-refractivity contribution in [3.63, 3.8) is 0 Å². The molecule has 3 heterocycles. The summed E-state index contributed by atoms with van der Waals surface area (Å²) in [5, 5.41) is 13.2. The standard InChI is InChI=1S/C25H27N5O3S/c1-17-14-29(16-27-17)10-9-24(32)30-11-8-20-21(13-26)25(34-22(20)15-30)28-23(31)7-6-18-4-3-5-19(12-18)33-2/h3-5,12,14,16H,6-11,15H2,1-2H3,(H,28,31). The molecule has 1 aliphatic rings. The van der Waals surface area contributed by atoms with E-state index in [4.69, 9.17) is 4.74 Å². The van der Waals surface area contributed by atoms with Crippen molar-refractivity contribution in [3.05, 3.63) is 64.1 Å². The van der Waals surface area contributed by atoms with E-state index in [-0.39, 0.29) is 11.8 Å². The topological polar surface area (TPSA) is 100 Å². The number of benzene rings is 1. The van der Waals surface area contributed by atoms with Gasteiger partial charge in [0.05, 0.1) is 31.2 Å². The number of hydrogen-bond acceptors (Lipinski definition) is 6. The number of aromatic nitrogens is 2. The lowest BCUT2D eigenvalue weighted by atomic mass is 10.0. The summed E-state index contributed by atoms with van der Waals surface area (Å²) in [5.41, 5.74) is 3.41. The number of imidazole rings is 1. The summed E-state index contributed by atoms with van der Waals surface area (Å²) in [6, 6.07) is 9.89. The van der Waals surface area contributed by atoms with Gasteiger partial charge in [0.25, 0.3) is 0 Å². The zero-order chi connectivity index (χ0) is 24.1. The first-order valence-corrected chi connectivity index (χ1v) is 12.0. The maximum Gasteiger partial charge on any atom is 0.225 e. The van der Waals surface area contributed by atoms with E-state index in [0.29, 0.717) is 55.9 Å². The molecule has 3 aromatic rings. The molecule has 1 aromatic carbocycles. The van der Waals surface area contributed by atoms with E-state index in [1.54, 1.807) is 13.4 Å². The third kappa shape index (κ3) is 5.46. The monoisotopic (exact) mass is 477 g/mol. The summed E-state index contributed by atoms with van der Waals surface area (Å²) < 4.78 is 7.15. The number of amides is 2. The van der Waals surface area contributed by atoms with Gasteiger partial charge in [-0.2, -0.15) is 5.26 Å². The van der Waals surface area contributed by atoms with Gasteiger partial charge in [-0.15, -0.1) is 11.3 Å². The highest BCUT2D eigenvalue weighted by atomic mass is 32.1. The SMILES string of the molecule is COc1cccc(CCC(=O)Nc2sc3c(c2C#N)CCN(C(=O)CCn2cnc(C)c2)C3)c1. The summed E-state index contributed by atoms with van der Waals surface area (Å²) in [5.74, 6) is 0.698. The minimum Gasteiger partial charge on any atom is -0.497 e. The molecule has 1 N–H and O–H groups in total. The zero-order valence-electron chi connectivity index (χ0n) is 19.3. The molecule has 0 bridgehead atoms. The second-order valence-corrected chi connectivity index (χ2v) is 9.39. The number of ether oxygens (including phenoxy) is 1. The number of anilines is 1. The van der Waals surface area contributed by atoms with Crippen LogP contribution < -0.4 is 10.1 Å². The Kier molecular flexibility index (Phi) is 7.28. The predicted molar refractivity (Wildman–Crippen MR) is 130 cm³/mol. The van der Waals surface area contributed by atoms with Crippen molar-refractivity contribution in [2.24, 2.45) is 0 Å². The Balaban J connectivity index is 1.36. The number of nitrogens with one attached hydrogen (secondary N) is 1. The Morgan fingerprint density at radius 3 is 2.91 bits per heavy atom. The smallest absolute Gasteiger partial charge is 0.225 e. The van der Waals surface area contributed by atoms with Gasteiger partial charge in [0.15, 0.2) is 0 Å². The van der Waals surface area contributed by atoms with Gasteiger partial charge in [0.1, 0.15) is 16.8 Å². The molecule has 1 aliphatic heterocycles. The van der Waals surface area contributed by atoms with Crippen LogP contribution in [0.4, 0.5) is 5.00 Å². The molecule has 0 fully saturated rings. The van der Waals surface area contributed by atoms with Gasteiger partial charge in [-0.05, 0) is 43.0 Å². The van der Waals surface area contributed by atoms with Crippen LogP contribution in [0.5, 0.6) is 5.75 Å². The zero-order valence-corrected chi connectivity index (χ0v) is 20.2. The van der Waals surface area contributed by atoms with E-state index >= 15 is 0 Å². The number of thiophene rings is 1. The van der Waals surface area contributed by atoms with Crippen molar-refractivity contribution < 1.29 is 14.3 Å². The van der Waals surface area contributed by atoms with Crippen molar-refractivity contribution in [1.82, 2.24) is 14.5 Å². The quantitative estimate of drug-likeness (QED) is 0.533. The molecule has 2 aromatic heterocycles. The van der Waals surface area contributed by atoms with Gasteiger partial charge in [0, 0.05) is 37.0 Å². The van der Waals surface area contributed by atoms with Crippen LogP contribution in [0.25, 0.3) is 0 Å². The van der Waals surface area contributed by atoms with Crippen molar-refractivity contribution in [2.45, 2.75) is 45.7 Å². The molecule has 0 aliphatic carbocycles. The van der Waals surface area contributed by atoms with E-state index in [1.807, 2.05) is 46.9 Å². The highest BCUT2D eigenvalue weighted by Gasteiger charge is 2.27. The van der Waals surface area contributed by atoms with Crippen molar-refractivity contribution >= 4 is 28.2 Å². The molecular weight excluding hydrogens is 450 g/mol. The third-order valence-corrected chi connectivity index (χ3v) is 7.03. The van der Waals surface area contributed by atoms with Gasteiger partial charge in [-0.3, -0.25) is 9.59 Å². The van der Waals surface area contributed by atoms with E-state index in [9.17, 15) is 14.9 Å². The summed E-state index contributed by atoms with van der Waals surface area (Å²) >= 11 is 1.40. The molecule has 0 radical (unpaired) electrons. The maximum atomic E-state index is 12.7. The fourth-order valence-corrected chi connectivity index (χ4v) is 5.30. The number of nitrogens with zero attached hydrogens (tertiary/aromatic N) is 4. The summed E-state index contributed by atoms with van der Waals surface area (Å²) in [7, 11) is 1.61. The molecular formula is C25H27N5O3S. The van der Waals surface area contributed by atoms with Gasteiger partial charge in [-0.25, -0.2) is 4.98 Å². The molecule has 2 amide bonds. The van der Waals surface area contributed by atoms with E-state index in [0.717, 1.165) is 27.4 Å². The molecule has 176 valence electrons. The van der Waals surface area contributed by atoms with Crippen molar-refractivity contribution in [2.75, 3.05) is 19.0 Å². The second-order valence-electron chi connectivity index (χ2n) is 8.29. The second kappa shape index (κ2) is 10.5. The number of carbonyl (C=O) groups excluding carboxylic acids is 2. The maximum absolute atomic E-state index is 12.7. The molecule has 8 nitrogen and oxygen atoms in total. The fourth-order valence-electron chi connectivity index (χ4n) is 4.07. The molecule has 0 atom stereocenters. The Morgan fingerprint density at radius 2 is 2.18 bits per heavy atom. The predicted octanol–water partition coefficient (Wildman–Crippen LogP) is 3.68. The molecule has 9 heteroatoms. The van der Waals surface area contributed by atoms with E-state index in [2.05, 4.69) is 16.4 Å². The minimum atomic E-state index is -0.138. The summed E-state index contributed by atoms with van der Waals surface area (Å²) in [6.45, 7) is 3.55. The van der Waals surface area contributed by atoms with Crippen LogP contribution >= 0.6 is 11.3 Å². The molecule has 0 saturated carbocycles. The number of rotatable bonds is 8. The van der Waals surface area contributed by atoms with Crippen LogP contribution in [-0.2, 0) is 35.5 Å². The first-order chi connectivity index (χ1) is 16.5. The Labute approximate surface area is 202 Å². The molecule has 4 rings (SSSR count). The summed E-state index contributed by atoms with van der Waals surface area (Å²) in [6.07, 6.45) is 5.55. The van der Waals surface area contributed by atoms with E-state index in [1.165, 1.54) is 11.3 Å². The largest absolute Gasteiger partial charge is 0.497 e. The van der Waals surface area contributed by atoms with E-state index < -0.39 is 0 Å². The number of fused-ring (bicyclic) bond motifs is 1. The first-order valence-electron chi connectivity index (χ1n) is 11.2. The van der Waals surface area contributed by atoms with Crippen LogP contribution in [-0.4, -0.2) is 39.9 Å². The Hall–Kier alpha value is -3.64. The normalized spacial score (nSPS) is 12.7. The molecule has 0 spiro atoms. The number of hydrogen-bond donors (Lipinski definition) is 1. The van der Waals surface area contributed by atoms with Crippen LogP contribution in [0.3, 0.4) is 0 Å². The van der Waals surface area contributed by atoms with Gasteiger partial charge in [-0.1, -0.05) is 12.1 Å². The van der Waals surface area contributed by atoms with Crippen LogP contribution in [0.1, 0.15) is 40.1 Å². The van der Waals surface area contributed by atoms with Crippen LogP contribution in [0.2, 0.25) is 0 Å². The highest BCUT2D eigenvalue weighted by molar-refractivity contribution is 7.16. The number of methoxy groups -OCH3 is 1. The van der Waals surface area contributed by atoms with Crippen molar-refractivity contribution in [1.29, 1.82) is 5.26 Å². The lowest BCUT2D eigenvalue weighted by Crippen LogP contribution is -2.35. The van der Waals surface area contributed by atoms with Crippen LogP contribution in [0.15, 0.2) is 36.8 Å². The number of nitriles is 1. The minimum absolute atomic E-state index is 0.0767. The van der Waals surface area contributed by atoms with Gasteiger partial charge in [0.2, 0.25) is 11.8 Å². The first kappa shape index (κ1) is 23.5. The lowest BCUT2D eigenvalue weighted by Gasteiger charge is -2.27. The fraction of sp³-hybridized carbons (Fsp3) is 0.360.